The molecule has 2 heterocycles. The van der Waals surface area contributed by atoms with Gasteiger partial charge in [0.05, 0.1) is 0 Å². The molecule has 0 aliphatic carbocycles. The van der Waals surface area contributed by atoms with Gasteiger partial charge in [0.25, 0.3) is 0 Å². The van der Waals surface area contributed by atoms with Crippen LogP contribution in [0.25, 0.3) is 0 Å². The summed E-state index contributed by atoms with van der Waals surface area (Å²) in [7, 11) is 0. The summed E-state index contributed by atoms with van der Waals surface area (Å²) in [4.78, 5) is 16.8. The highest BCUT2D eigenvalue weighted by molar-refractivity contribution is 7.11. The van der Waals surface area contributed by atoms with Crippen molar-refractivity contribution in [2.24, 2.45) is 0 Å². The number of nitrogens with one attached hydrogen (secondary N) is 1. The lowest BCUT2D eigenvalue weighted by Crippen LogP contribution is -2.50. The Morgan fingerprint density at radius 1 is 1.45 bits per heavy atom. The second-order valence-electron chi connectivity index (χ2n) is 7.14. The van der Waals surface area contributed by atoms with Crippen LogP contribution in [-0.4, -0.2) is 35.2 Å². The molecule has 124 valence electrons. The summed E-state index contributed by atoms with van der Waals surface area (Å²) in [6.45, 7) is 11.6. The zero-order chi connectivity index (χ0) is 16.3. The first-order chi connectivity index (χ1) is 10.2. The molecule has 1 aromatic heterocycles. The Morgan fingerprint density at radius 3 is 2.73 bits per heavy atom. The van der Waals surface area contributed by atoms with Crippen molar-refractivity contribution in [3.63, 3.8) is 0 Å². The lowest BCUT2D eigenvalue weighted by Gasteiger charge is -2.38. The average Bonchev–Trinajstić information content (AvgIpc) is 2.80. The SMILES string of the molecule is Cc1ccc(CNC2CCN(C(=O)OC(C)(C)C)C(C)C2)s1. The molecular weight excluding hydrogens is 296 g/mol. The van der Waals surface area contributed by atoms with Crippen molar-refractivity contribution in [1.82, 2.24) is 10.2 Å². The van der Waals surface area contributed by atoms with Crippen LogP contribution in [0.5, 0.6) is 0 Å². The number of carbonyl (C=O) groups excluding carboxylic acids is 1. The number of aryl methyl sites for hydroxylation is 1. The Kier molecular flexibility index (Phi) is 5.50. The summed E-state index contributed by atoms with van der Waals surface area (Å²) in [6, 6.07) is 5.03. The standard InChI is InChI=1S/C17H28N2O2S/c1-12-10-14(18-11-15-7-6-13(2)22-15)8-9-19(12)16(20)21-17(3,4)5/h6-7,12,14,18H,8-11H2,1-5H3. The molecule has 0 radical (unpaired) electrons. The van der Waals surface area contributed by atoms with Gasteiger partial charge in [0, 0.05) is 34.9 Å². The van der Waals surface area contributed by atoms with Gasteiger partial charge in [0.1, 0.15) is 5.60 Å². The number of nitrogens with zero attached hydrogens (tertiary/aromatic N) is 1. The summed E-state index contributed by atoms with van der Waals surface area (Å²) >= 11 is 1.84. The molecule has 1 aliphatic heterocycles. The fourth-order valence-corrected chi connectivity index (χ4v) is 3.62. The van der Waals surface area contributed by atoms with Crippen molar-refractivity contribution in [2.45, 2.75) is 71.7 Å². The molecule has 5 heteroatoms. The first-order valence-electron chi connectivity index (χ1n) is 8.03. The number of piperidine rings is 1. The van der Waals surface area contributed by atoms with E-state index in [9.17, 15) is 4.79 Å². The van der Waals surface area contributed by atoms with Crippen LogP contribution in [0.3, 0.4) is 0 Å². The minimum absolute atomic E-state index is 0.188. The van der Waals surface area contributed by atoms with Crippen molar-refractivity contribution in [3.8, 4) is 0 Å². The van der Waals surface area contributed by atoms with E-state index in [0.717, 1.165) is 25.9 Å². The first-order valence-corrected chi connectivity index (χ1v) is 8.84. The van der Waals surface area contributed by atoms with Gasteiger partial charge >= 0.3 is 6.09 Å². The number of hydrogen-bond acceptors (Lipinski definition) is 4. The lowest BCUT2D eigenvalue weighted by atomic mass is 9.98. The molecule has 2 atom stereocenters. The number of likely N-dealkylation sites (tertiary alicyclic amines) is 1. The maximum Gasteiger partial charge on any atom is 0.410 e. The number of hydrogen-bond donors (Lipinski definition) is 1. The molecular formula is C17H28N2O2S. The third-order valence-electron chi connectivity index (χ3n) is 3.87. The van der Waals surface area contributed by atoms with E-state index >= 15 is 0 Å². The van der Waals surface area contributed by atoms with Gasteiger partial charge in [-0.05, 0) is 59.6 Å². The van der Waals surface area contributed by atoms with Crippen LogP contribution in [0.2, 0.25) is 0 Å². The molecule has 2 unspecified atom stereocenters. The molecule has 1 aromatic rings. The van der Waals surface area contributed by atoms with E-state index < -0.39 is 5.60 Å². The number of thiophene rings is 1. The van der Waals surface area contributed by atoms with Crippen LogP contribution in [-0.2, 0) is 11.3 Å². The molecule has 1 saturated heterocycles. The van der Waals surface area contributed by atoms with Crippen LogP contribution >= 0.6 is 11.3 Å². The van der Waals surface area contributed by atoms with E-state index in [1.165, 1.54) is 9.75 Å². The third-order valence-corrected chi connectivity index (χ3v) is 4.87. The number of rotatable bonds is 3. The van der Waals surface area contributed by atoms with E-state index in [1.54, 1.807) is 0 Å². The van der Waals surface area contributed by atoms with E-state index in [4.69, 9.17) is 4.74 Å². The molecule has 0 saturated carbocycles. The minimum Gasteiger partial charge on any atom is -0.444 e. The predicted octanol–water partition coefficient (Wildman–Crippen LogP) is 3.93. The Labute approximate surface area is 137 Å². The largest absolute Gasteiger partial charge is 0.444 e. The maximum absolute atomic E-state index is 12.2. The second-order valence-corrected chi connectivity index (χ2v) is 8.51. The Hall–Kier alpha value is -1.07. The monoisotopic (exact) mass is 324 g/mol. The van der Waals surface area contributed by atoms with Gasteiger partial charge in [-0.3, -0.25) is 0 Å². The summed E-state index contributed by atoms with van der Waals surface area (Å²) in [5.74, 6) is 0. The Morgan fingerprint density at radius 2 is 2.18 bits per heavy atom. The zero-order valence-corrected chi connectivity index (χ0v) is 15.1. The van der Waals surface area contributed by atoms with Gasteiger partial charge in [-0.2, -0.15) is 0 Å². The van der Waals surface area contributed by atoms with Gasteiger partial charge in [-0.15, -0.1) is 11.3 Å². The van der Waals surface area contributed by atoms with Crippen LogP contribution in [0.1, 0.15) is 50.3 Å². The maximum atomic E-state index is 12.2. The van der Waals surface area contributed by atoms with Gasteiger partial charge in [-0.25, -0.2) is 4.79 Å². The molecule has 1 amide bonds. The normalized spacial score (nSPS) is 22.7. The van der Waals surface area contributed by atoms with Crippen molar-refractivity contribution in [3.05, 3.63) is 21.9 Å². The highest BCUT2D eigenvalue weighted by Crippen LogP contribution is 2.21. The summed E-state index contributed by atoms with van der Waals surface area (Å²) in [5.41, 5.74) is -0.428. The van der Waals surface area contributed by atoms with E-state index in [2.05, 4.69) is 31.3 Å². The molecule has 1 fully saturated rings. The number of amides is 1. The predicted molar refractivity (Wildman–Crippen MR) is 91.3 cm³/mol. The van der Waals surface area contributed by atoms with Crippen molar-refractivity contribution >= 4 is 17.4 Å². The fourth-order valence-electron chi connectivity index (χ4n) is 2.77. The summed E-state index contributed by atoms with van der Waals surface area (Å²) < 4.78 is 5.48. The van der Waals surface area contributed by atoms with Crippen molar-refractivity contribution in [2.75, 3.05) is 6.54 Å². The fraction of sp³-hybridized carbons (Fsp3) is 0.706. The smallest absolute Gasteiger partial charge is 0.410 e. The van der Waals surface area contributed by atoms with Gasteiger partial charge in [0.15, 0.2) is 0 Å². The zero-order valence-electron chi connectivity index (χ0n) is 14.3. The lowest BCUT2D eigenvalue weighted by molar-refractivity contribution is 0.00933. The summed E-state index contributed by atoms with van der Waals surface area (Å²) in [6.07, 6.45) is 1.77. The van der Waals surface area contributed by atoms with Gasteiger partial charge < -0.3 is 15.0 Å². The topological polar surface area (TPSA) is 41.6 Å². The minimum atomic E-state index is -0.428. The van der Waals surface area contributed by atoms with Crippen molar-refractivity contribution < 1.29 is 9.53 Å². The van der Waals surface area contributed by atoms with E-state index in [0.29, 0.717) is 6.04 Å². The summed E-state index contributed by atoms with van der Waals surface area (Å²) in [5, 5.41) is 3.62. The molecule has 4 nitrogen and oxygen atoms in total. The van der Waals surface area contributed by atoms with Crippen LogP contribution < -0.4 is 5.32 Å². The quantitative estimate of drug-likeness (QED) is 0.916. The van der Waals surface area contributed by atoms with Crippen LogP contribution in [0.4, 0.5) is 4.79 Å². The average molecular weight is 324 g/mol. The molecule has 0 bridgehead atoms. The molecule has 22 heavy (non-hydrogen) atoms. The number of carbonyl (C=O) groups is 1. The molecule has 2 rings (SSSR count). The van der Waals surface area contributed by atoms with Gasteiger partial charge in [0.2, 0.25) is 0 Å². The van der Waals surface area contributed by atoms with Gasteiger partial charge in [-0.1, -0.05) is 0 Å². The van der Waals surface area contributed by atoms with Crippen LogP contribution in [0.15, 0.2) is 12.1 Å². The number of ether oxygens (including phenoxy) is 1. The van der Waals surface area contributed by atoms with Crippen LogP contribution in [0, 0.1) is 6.92 Å². The molecule has 0 aromatic carbocycles. The molecule has 0 spiro atoms. The Bertz CT molecular complexity index is 507. The molecule has 1 aliphatic rings. The second kappa shape index (κ2) is 7.01. The van der Waals surface area contributed by atoms with E-state index in [-0.39, 0.29) is 12.1 Å². The highest BCUT2D eigenvalue weighted by atomic mass is 32.1. The Balaban J connectivity index is 1.80. The first kappa shape index (κ1) is 17.3. The third kappa shape index (κ3) is 4.99. The van der Waals surface area contributed by atoms with Crippen molar-refractivity contribution in [1.29, 1.82) is 0 Å². The molecule has 1 N–H and O–H groups in total. The van der Waals surface area contributed by atoms with E-state index in [1.807, 2.05) is 37.0 Å². The highest BCUT2D eigenvalue weighted by Gasteiger charge is 2.31.